The van der Waals surface area contributed by atoms with Crippen LogP contribution in [-0.4, -0.2) is 32.1 Å². The first-order valence-electron chi connectivity index (χ1n) is 8.98. The van der Waals surface area contributed by atoms with E-state index in [0.717, 1.165) is 17.7 Å². The maximum absolute atomic E-state index is 12.2. The van der Waals surface area contributed by atoms with Gasteiger partial charge >= 0.3 is 0 Å². The van der Waals surface area contributed by atoms with Crippen LogP contribution >= 0.6 is 0 Å². The lowest BCUT2D eigenvalue weighted by Crippen LogP contribution is -2.24. The van der Waals surface area contributed by atoms with E-state index in [1.165, 1.54) is 0 Å². The zero-order valence-corrected chi connectivity index (χ0v) is 16.0. The summed E-state index contributed by atoms with van der Waals surface area (Å²) in [6.07, 6.45) is 0.995. The second kappa shape index (κ2) is 10.2. The average molecular weight is 370 g/mol. The molecule has 0 aromatic heterocycles. The molecule has 1 unspecified atom stereocenters. The lowest BCUT2D eigenvalue weighted by molar-refractivity contribution is -0.122. The SMILES string of the molecule is CCC(C)c1ccccc1OCC(=O)Nc1cccc(OCC(=O)NC)c1. The number of nitrogens with one attached hydrogen (secondary N) is 2. The Morgan fingerprint density at radius 3 is 2.48 bits per heavy atom. The van der Waals surface area contributed by atoms with Crippen molar-refractivity contribution in [2.45, 2.75) is 26.2 Å². The normalized spacial score (nSPS) is 11.4. The summed E-state index contributed by atoms with van der Waals surface area (Å²) in [5, 5.41) is 5.25. The summed E-state index contributed by atoms with van der Waals surface area (Å²) in [5.41, 5.74) is 1.67. The predicted molar refractivity (Wildman–Crippen MR) is 105 cm³/mol. The molecule has 2 rings (SSSR count). The number of rotatable bonds is 9. The lowest BCUT2D eigenvalue weighted by Gasteiger charge is -2.15. The number of carbonyl (C=O) groups excluding carboxylic acids is 2. The molecule has 6 heteroatoms. The number of anilines is 1. The zero-order valence-electron chi connectivity index (χ0n) is 16.0. The van der Waals surface area contributed by atoms with Gasteiger partial charge in [-0.15, -0.1) is 0 Å². The van der Waals surface area contributed by atoms with E-state index in [2.05, 4.69) is 24.5 Å². The van der Waals surface area contributed by atoms with Crippen LogP contribution in [0.25, 0.3) is 0 Å². The van der Waals surface area contributed by atoms with Crippen LogP contribution in [0.5, 0.6) is 11.5 Å². The molecule has 0 saturated heterocycles. The van der Waals surface area contributed by atoms with E-state index in [4.69, 9.17) is 9.47 Å². The van der Waals surface area contributed by atoms with Gasteiger partial charge in [0.2, 0.25) is 0 Å². The quantitative estimate of drug-likeness (QED) is 0.710. The molecule has 2 aromatic carbocycles. The largest absolute Gasteiger partial charge is 0.484 e. The van der Waals surface area contributed by atoms with Crippen molar-refractivity contribution in [2.24, 2.45) is 0 Å². The van der Waals surface area contributed by atoms with Gasteiger partial charge in [0.1, 0.15) is 11.5 Å². The number of benzene rings is 2. The first-order valence-corrected chi connectivity index (χ1v) is 8.98. The maximum Gasteiger partial charge on any atom is 0.262 e. The fraction of sp³-hybridized carbons (Fsp3) is 0.333. The first kappa shape index (κ1) is 20.3. The third-order valence-electron chi connectivity index (χ3n) is 4.19. The molecule has 6 nitrogen and oxygen atoms in total. The van der Waals surface area contributed by atoms with Gasteiger partial charge in [0.15, 0.2) is 13.2 Å². The van der Waals surface area contributed by atoms with Crippen LogP contribution in [-0.2, 0) is 9.59 Å². The molecule has 0 spiro atoms. The minimum Gasteiger partial charge on any atom is -0.484 e. The standard InChI is InChI=1S/C21H26N2O4/c1-4-15(2)18-10-5-6-11-19(18)27-14-21(25)23-16-8-7-9-17(12-16)26-13-20(24)22-3/h5-12,15H,4,13-14H2,1-3H3,(H,22,24)(H,23,25). The Balaban J connectivity index is 1.92. The summed E-state index contributed by atoms with van der Waals surface area (Å²) in [5.74, 6) is 1.10. The van der Waals surface area contributed by atoms with E-state index in [1.54, 1.807) is 31.3 Å². The second-order valence-corrected chi connectivity index (χ2v) is 6.17. The van der Waals surface area contributed by atoms with E-state index >= 15 is 0 Å². The van der Waals surface area contributed by atoms with Gasteiger partial charge in [0.05, 0.1) is 0 Å². The summed E-state index contributed by atoms with van der Waals surface area (Å²) >= 11 is 0. The van der Waals surface area contributed by atoms with Gasteiger partial charge in [-0.1, -0.05) is 38.1 Å². The number of ether oxygens (including phenoxy) is 2. The molecule has 0 aliphatic heterocycles. The van der Waals surface area contributed by atoms with Gasteiger partial charge in [-0.3, -0.25) is 9.59 Å². The molecule has 1 atom stereocenters. The molecule has 0 bridgehead atoms. The molecule has 144 valence electrons. The molecule has 2 amide bonds. The fourth-order valence-electron chi connectivity index (χ4n) is 2.46. The number of amides is 2. The van der Waals surface area contributed by atoms with E-state index < -0.39 is 0 Å². The van der Waals surface area contributed by atoms with Crippen molar-refractivity contribution in [1.29, 1.82) is 0 Å². The smallest absolute Gasteiger partial charge is 0.262 e. The van der Waals surface area contributed by atoms with Gasteiger partial charge in [-0.25, -0.2) is 0 Å². The summed E-state index contributed by atoms with van der Waals surface area (Å²) < 4.78 is 11.1. The lowest BCUT2D eigenvalue weighted by atomic mass is 9.98. The van der Waals surface area contributed by atoms with Crippen LogP contribution in [0.4, 0.5) is 5.69 Å². The molecule has 27 heavy (non-hydrogen) atoms. The molecular formula is C21H26N2O4. The van der Waals surface area contributed by atoms with Gasteiger partial charge < -0.3 is 20.1 Å². The van der Waals surface area contributed by atoms with Crippen molar-refractivity contribution in [3.8, 4) is 11.5 Å². The number of hydrogen-bond acceptors (Lipinski definition) is 4. The highest BCUT2D eigenvalue weighted by atomic mass is 16.5. The van der Waals surface area contributed by atoms with Crippen molar-refractivity contribution in [3.63, 3.8) is 0 Å². The topological polar surface area (TPSA) is 76.7 Å². The Hall–Kier alpha value is -3.02. The Labute approximate surface area is 159 Å². The molecule has 0 heterocycles. The van der Waals surface area contributed by atoms with E-state index in [0.29, 0.717) is 17.4 Å². The van der Waals surface area contributed by atoms with E-state index in [1.807, 2.05) is 24.3 Å². The number of para-hydroxylation sites is 1. The van der Waals surface area contributed by atoms with Crippen molar-refractivity contribution < 1.29 is 19.1 Å². The minimum atomic E-state index is -0.266. The Morgan fingerprint density at radius 2 is 1.74 bits per heavy atom. The zero-order chi connectivity index (χ0) is 19.6. The third-order valence-corrected chi connectivity index (χ3v) is 4.19. The molecule has 0 radical (unpaired) electrons. The van der Waals surface area contributed by atoms with Crippen LogP contribution in [0, 0.1) is 0 Å². The monoisotopic (exact) mass is 370 g/mol. The Kier molecular flexibility index (Phi) is 7.67. The molecule has 0 fully saturated rings. The first-order chi connectivity index (χ1) is 13.0. The third kappa shape index (κ3) is 6.33. The molecular weight excluding hydrogens is 344 g/mol. The van der Waals surface area contributed by atoms with Gasteiger partial charge in [-0.05, 0) is 36.1 Å². The number of carbonyl (C=O) groups is 2. The predicted octanol–water partition coefficient (Wildman–Crippen LogP) is 3.34. The summed E-state index contributed by atoms with van der Waals surface area (Å²) in [6, 6.07) is 14.6. The second-order valence-electron chi connectivity index (χ2n) is 6.17. The van der Waals surface area contributed by atoms with E-state index in [-0.39, 0.29) is 25.0 Å². The average Bonchev–Trinajstić information content (AvgIpc) is 2.70. The van der Waals surface area contributed by atoms with Crippen LogP contribution in [0.15, 0.2) is 48.5 Å². The summed E-state index contributed by atoms with van der Waals surface area (Å²) in [4.78, 5) is 23.5. The highest BCUT2D eigenvalue weighted by molar-refractivity contribution is 5.92. The van der Waals surface area contributed by atoms with Crippen molar-refractivity contribution in [2.75, 3.05) is 25.6 Å². The highest BCUT2D eigenvalue weighted by Crippen LogP contribution is 2.28. The van der Waals surface area contributed by atoms with Gasteiger partial charge in [-0.2, -0.15) is 0 Å². The number of hydrogen-bond donors (Lipinski definition) is 2. The van der Waals surface area contributed by atoms with Crippen LogP contribution in [0.3, 0.4) is 0 Å². The molecule has 0 aliphatic rings. The minimum absolute atomic E-state index is 0.0800. The maximum atomic E-state index is 12.2. The molecule has 2 aromatic rings. The molecule has 0 saturated carbocycles. The Morgan fingerprint density at radius 1 is 1.00 bits per heavy atom. The van der Waals surface area contributed by atoms with Crippen LogP contribution in [0.2, 0.25) is 0 Å². The van der Waals surface area contributed by atoms with Gasteiger partial charge in [0, 0.05) is 18.8 Å². The Bertz CT molecular complexity index is 776. The van der Waals surface area contributed by atoms with Crippen LogP contribution in [0.1, 0.15) is 31.7 Å². The van der Waals surface area contributed by atoms with Crippen molar-refractivity contribution in [3.05, 3.63) is 54.1 Å². The van der Waals surface area contributed by atoms with Gasteiger partial charge in [0.25, 0.3) is 11.8 Å². The van der Waals surface area contributed by atoms with Crippen molar-refractivity contribution in [1.82, 2.24) is 5.32 Å². The van der Waals surface area contributed by atoms with Crippen molar-refractivity contribution >= 4 is 17.5 Å². The summed E-state index contributed by atoms with van der Waals surface area (Å²) in [6.45, 7) is 4.08. The fourth-order valence-corrected chi connectivity index (χ4v) is 2.46. The highest BCUT2D eigenvalue weighted by Gasteiger charge is 2.11. The summed E-state index contributed by atoms with van der Waals surface area (Å²) in [7, 11) is 1.54. The molecule has 0 aliphatic carbocycles. The number of likely N-dealkylation sites (N-methyl/N-ethyl adjacent to an activating group) is 1. The van der Waals surface area contributed by atoms with Crippen LogP contribution < -0.4 is 20.1 Å². The van der Waals surface area contributed by atoms with E-state index in [9.17, 15) is 9.59 Å². The molecule has 2 N–H and O–H groups in total.